The van der Waals surface area contributed by atoms with Crippen molar-refractivity contribution >= 4 is 27.5 Å². The topological polar surface area (TPSA) is 98.2 Å². The fraction of sp³-hybridized carbons (Fsp3) is 0.312. The van der Waals surface area contributed by atoms with Gasteiger partial charge in [0.05, 0.1) is 12.1 Å². The molecule has 9 heteroatoms. The molecular weight excluding hydrogens is 366 g/mol. The minimum atomic E-state index is -4.13. The van der Waals surface area contributed by atoms with Crippen LogP contribution in [0.2, 0.25) is 5.02 Å². The highest BCUT2D eigenvalue weighted by molar-refractivity contribution is 7.90. The molecule has 0 atom stereocenters. The van der Waals surface area contributed by atoms with Crippen LogP contribution in [0, 0.1) is 6.92 Å². The number of nitrogens with zero attached hydrogens (tertiary/aromatic N) is 2. The summed E-state index contributed by atoms with van der Waals surface area (Å²) in [5.74, 6) is -0.186. The number of nitrogens with one attached hydrogen (secondary N) is 1. The summed E-state index contributed by atoms with van der Waals surface area (Å²) in [7, 11) is -2.67. The highest BCUT2D eigenvalue weighted by atomic mass is 35.5. The van der Waals surface area contributed by atoms with Gasteiger partial charge in [-0.05, 0) is 37.5 Å². The second-order valence-corrected chi connectivity index (χ2v) is 7.88. The maximum absolute atomic E-state index is 12.4. The van der Waals surface area contributed by atoms with Gasteiger partial charge in [0, 0.05) is 12.0 Å². The van der Waals surface area contributed by atoms with Gasteiger partial charge < -0.3 is 4.74 Å². The van der Waals surface area contributed by atoms with Crippen LogP contribution >= 0.6 is 11.6 Å². The smallest absolute Gasteiger partial charge is 0.285 e. The lowest BCUT2D eigenvalue weighted by atomic mass is 10.2. The zero-order chi connectivity index (χ0) is 18.2. The predicted octanol–water partition coefficient (Wildman–Crippen LogP) is 2.44. The van der Waals surface area contributed by atoms with Crippen LogP contribution in [-0.2, 0) is 10.0 Å². The van der Waals surface area contributed by atoms with E-state index >= 15 is 0 Å². The summed E-state index contributed by atoms with van der Waals surface area (Å²) < 4.78 is 32.1. The molecule has 3 rings (SSSR count). The third-order valence-electron chi connectivity index (χ3n) is 3.81. The quantitative estimate of drug-likeness (QED) is 0.854. The highest BCUT2D eigenvalue weighted by Gasteiger charge is 2.30. The van der Waals surface area contributed by atoms with Gasteiger partial charge in [-0.1, -0.05) is 17.7 Å². The third-order valence-corrected chi connectivity index (χ3v) is 5.62. The van der Waals surface area contributed by atoms with Crippen molar-refractivity contribution in [1.29, 1.82) is 0 Å². The number of halogens is 1. The monoisotopic (exact) mass is 381 g/mol. The van der Waals surface area contributed by atoms with Crippen LogP contribution in [0.25, 0.3) is 0 Å². The van der Waals surface area contributed by atoms with Crippen LogP contribution in [-0.4, -0.2) is 31.6 Å². The molecule has 25 heavy (non-hydrogen) atoms. The number of carbonyl (C=O) groups excluding carboxylic acids is 1. The molecule has 2 aromatic rings. The number of hydrogen-bond acceptors (Lipinski definition) is 6. The van der Waals surface area contributed by atoms with E-state index in [0.29, 0.717) is 17.0 Å². The van der Waals surface area contributed by atoms with Crippen molar-refractivity contribution in [2.45, 2.75) is 30.6 Å². The Morgan fingerprint density at radius 1 is 1.28 bits per heavy atom. The van der Waals surface area contributed by atoms with E-state index in [0.717, 1.165) is 12.8 Å². The minimum Gasteiger partial charge on any atom is -0.495 e. The summed E-state index contributed by atoms with van der Waals surface area (Å²) in [4.78, 5) is 12.1. The Hall–Kier alpha value is -2.19. The first kappa shape index (κ1) is 17.6. The Morgan fingerprint density at radius 2 is 2.00 bits per heavy atom. The van der Waals surface area contributed by atoms with Crippen LogP contribution in [0.3, 0.4) is 0 Å². The van der Waals surface area contributed by atoms with Gasteiger partial charge in [-0.15, -0.1) is 5.10 Å². The van der Waals surface area contributed by atoms with E-state index in [2.05, 4.69) is 10.2 Å². The summed E-state index contributed by atoms with van der Waals surface area (Å²) >= 11 is 5.94. The molecule has 1 amide bonds. The molecule has 0 bridgehead atoms. The highest BCUT2D eigenvalue weighted by Crippen LogP contribution is 2.42. The van der Waals surface area contributed by atoms with Gasteiger partial charge in [0.15, 0.2) is 5.69 Å². The van der Waals surface area contributed by atoms with Crippen LogP contribution in [0.1, 0.15) is 40.5 Å². The zero-order valence-electron chi connectivity index (χ0n) is 13.6. The lowest BCUT2D eigenvalue weighted by Crippen LogP contribution is -2.31. The van der Waals surface area contributed by atoms with Gasteiger partial charge in [-0.2, -0.15) is 5.10 Å². The second kappa shape index (κ2) is 6.61. The molecule has 0 saturated heterocycles. The number of aryl methyl sites for hydroxylation is 1. The number of carbonyl (C=O) groups is 1. The maximum Gasteiger partial charge on any atom is 0.285 e. The average molecular weight is 382 g/mol. The predicted molar refractivity (Wildman–Crippen MR) is 91.4 cm³/mol. The molecular formula is C16H16ClN3O4S. The lowest BCUT2D eigenvalue weighted by molar-refractivity contribution is 0.0975. The molecule has 7 nitrogen and oxygen atoms in total. The van der Waals surface area contributed by atoms with Crippen LogP contribution in [0.5, 0.6) is 5.75 Å². The Kier molecular flexibility index (Phi) is 4.66. The Morgan fingerprint density at radius 3 is 2.64 bits per heavy atom. The molecule has 1 N–H and O–H groups in total. The lowest BCUT2D eigenvalue weighted by Gasteiger charge is -2.10. The Balaban J connectivity index is 1.87. The molecule has 0 aliphatic heterocycles. The van der Waals surface area contributed by atoms with Gasteiger partial charge in [0.1, 0.15) is 16.3 Å². The van der Waals surface area contributed by atoms with E-state index in [9.17, 15) is 13.2 Å². The van der Waals surface area contributed by atoms with Crippen molar-refractivity contribution in [1.82, 2.24) is 14.9 Å². The molecule has 0 spiro atoms. The molecule has 132 valence electrons. The Bertz CT molecular complexity index is 942. The second-order valence-electron chi connectivity index (χ2n) is 5.83. The summed E-state index contributed by atoms with van der Waals surface area (Å²) in [5, 5.41) is 7.86. The van der Waals surface area contributed by atoms with E-state index < -0.39 is 15.9 Å². The van der Waals surface area contributed by atoms with Crippen molar-refractivity contribution in [3.63, 3.8) is 0 Å². The molecule has 1 aromatic carbocycles. The zero-order valence-corrected chi connectivity index (χ0v) is 15.2. The number of hydrogen-bond donors (Lipinski definition) is 1. The standard InChI is InChI=1S/C16H16ClN3O4S/c1-9-3-6-11(17)14(7-9)25(22,23)20-16(21)12-8-13(24-2)15(19-18-12)10-4-5-10/h3,6-8,10H,4-5H2,1-2H3,(H,20,21). The van der Waals surface area contributed by atoms with Crippen LogP contribution in [0.15, 0.2) is 29.2 Å². The van der Waals surface area contributed by atoms with Crippen LogP contribution in [0.4, 0.5) is 0 Å². The summed E-state index contributed by atoms with van der Waals surface area (Å²) in [6, 6.07) is 5.92. The van der Waals surface area contributed by atoms with E-state index in [4.69, 9.17) is 16.3 Å². The molecule has 1 aliphatic rings. The number of benzene rings is 1. The van der Waals surface area contributed by atoms with Gasteiger partial charge in [0.25, 0.3) is 15.9 Å². The summed E-state index contributed by atoms with van der Waals surface area (Å²) in [6.07, 6.45) is 1.99. The summed E-state index contributed by atoms with van der Waals surface area (Å²) in [6.45, 7) is 1.73. The molecule has 1 saturated carbocycles. The van der Waals surface area contributed by atoms with E-state index in [1.54, 1.807) is 13.0 Å². The van der Waals surface area contributed by atoms with Gasteiger partial charge in [0.2, 0.25) is 0 Å². The number of methoxy groups -OCH3 is 1. The normalized spacial score (nSPS) is 14.2. The molecule has 1 aliphatic carbocycles. The molecule has 1 heterocycles. The first-order valence-electron chi connectivity index (χ1n) is 7.56. The van der Waals surface area contributed by atoms with Crippen molar-refractivity contribution in [3.05, 3.63) is 46.2 Å². The third kappa shape index (κ3) is 3.74. The van der Waals surface area contributed by atoms with Crippen molar-refractivity contribution < 1.29 is 17.9 Å². The number of sulfonamides is 1. The number of aromatic nitrogens is 2. The summed E-state index contributed by atoms with van der Waals surface area (Å²) in [5.41, 5.74) is 1.24. The number of rotatable bonds is 5. The van der Waals surface area contributed by atoms with E-state index in [-0.39, 0.29) is 21.5 Å². The van der Waals surface area contributed by atoms with Crippen molar-refractivity contribution in [3.8, 4) is 5.75 Å². The maximum atomic E-state index is 12.4. The Labute approximate surface area is 150 Å². The number of ether oxygens (including phenoxy) is 1. The van der Waals surface area contributed by atoms with Gasteiger partial charge >= 0.3 is 0 Å². The van der Waals surface area contributed by atoms with Crippen molar-refractivity contribution in [2.75, 3.05) is 7.11 Å². The molecule has 0 unspecified atom stereocenters. The first-order chi connectivity index (χ1) is 11.8. The molecule has 0 radical (unpaired) electrons. The molecule has 1 fully saturated rings. The average Bonchev–Trinajstić information content (AvgIpc) is 3.40. The SMILES string of the molecule is COc1cc(C(=O)NS(=O)(=O)c2cc(C)ccc2Cl)nnc1C1CC1. The van der Waals surface area contributed by atoms with Crippen molar-refractivity contribution in [2.24, 2.45) is 0 Å². The van der Waals surface area contributed by atoms with E-state index in [1.807, 2.05) is 4.72 Å². The van der Waals surface area contributed by atoms with Gasteiger partial charge in [-0.3, -0.25) is 4.79 Å². The van der Waals surface area contributed by atoms with E-state index in [1.165, 1.54) is 25.3 Å². The minimum absolute atomic E-state index is 0.0265. The number of amides is 1. The van der Waals surface area contributed by atoms with Crippen LogP contribution < -0.4 is 9.46 Å². The first-order valence-corrected chi connectivity index (χ1v) is 9.43. The molecule has 1 aromatic heterocycles. The fourth-order valence-corrected chi connectivity index (χ4v) is 3.89. The van der Waals surface area contributed by atoms with Gasteiger partial charge in [-0.25, -0.2) is 13.1 Å². The largest absolute Gasteiger partial charge is 0.495 e. The fourth-order valence-electron chi connectivity index (χ4n) is 2.34.